The lowest BCUT2D eigenvalue weighted by Crippen LogP contribution is -2.17. The summed E-state index contributed by atoms with van der Waals surface area (Å²) in [6.45, 7) is -0.0422. The average Bonchev–Trinajstić information content (AvgIpc) is 2.37. The maximum atomic E-state index is 11.1. The zero-order valence-corrected chi connectivity index (χ0v) is 9.57. The Hall–Kier alpha value is -2.28. The molecule has 0 radical (unpaired) electrons. The zero-order valence-electron chi connectivity index (χ0n) is 9.57. The smallest absolute Gasteiger partial charge is 0.269 e. The van der Waals surface area contributed by atoms with Crippen LogP contribution in [-0.2, 0) is 4.79 Å². The number of aliphatic hydroxyl groups is 1. The lowest BCUT2D eigenvalue weighted by Gasteiger charge is -1.97. The van der Waals surface area contributed by atoms with E-state index < -0.39 is 4.92 Å². The van der Waals surface area contributed by atoms with Gasteiger partial charge >= 0.3 is 0 Å². The molecule has 1 rings (SSSR count). The van der Waals surface area contributed by atoms with Gasteiger partial charge in [0.1, 0.15) is 0 Å². The number of nitro benzene ring substituents is 1. The number of non-ortho nitro benzene ring substituents is 1. The van der Waals surface area contributed by atoms with Gasteiger partial charge in [0.2, 0.25) is 5.91 Å². The molecule has 0 fully saturated rings. The quantitative estimate of drug-likeness (QED) is 0.443. The van der Waals surface area contributed by atoms with Crippen LogP contribution in [0.15, 0.2) is 29.4 Å². The van der Waals surface area contributed by atoms with Crippen LogP contribution < -0.4 is 5.43 Å². The molecule has 96 valence electrons. The molecule has 0 aliphatic carbocycles. The summed E-state index contributed by atoms with van der Waals surface area (Å²) in [6.07, 6.45) is 1.98. The summed E-state index contributed by atoms with van der Waals surface area (Å²) in [5, 5.41) is 22.6. The minimum absolute atomic E-state index is 0.000804. The molecule has 0 aromatic heterocycles. The average molecular weight is 251 g/mol. The van der Waals surface area contributed by atoms with Crippen LogP contribution in [0.2, 0.25) is 0 Å². The van der Waals surface area contributed by atoms with Crippen molar-refractivity contribution in [2.45, 2.75) is 12.8 Å². The van der Waals surface area contributed by atoms with Gasteiger partial charge in [-0.2, -0.15) is 5.10 Å². The molecule has 0 bridgehead atoms. The minimum Gasteiger partial charge on any atom is -0.396 e. The third-order valence-corrected chi connectivity index (χ3v) is 2.07. The van der Waals surface area contributed by atoms with E-state index in [4.69, 9.17) is 5.11 Å². The van der Waals surface area contributed by atoms with Crippen molar-refractivity contribution in [2.75, 3.05) is 6.61 Å². The Morgan fingerprint density at radius 1 is 1.44 bits per heavy atom. The maximum absolute atomic E-state index is 11.1. The molecule has 0 aliphatic heterocycles. The second kappa shape index (κ2) is 7.13. The highest BCUT2D eigenvalue weighted by molar-refractivity contribution is 5.82. The molecule has 2 N–H and O–H groups in total. The number of rotatable bonds is 6. The van der Waals surface area contributed by atoms with Crippen molar-refractivity contribution in [3.8, 4) is 0 Å². The molecule has 0 saturated carbocycles. The van der Waals surface area contributed by atoms with E-state index in [1.54, 1.807) is 0 Å². The topological polar surface area (TPSA) is 105 Å². The summed E-state index contributed by atoms with van der Waals surface area (Å²) in [5.41, 5.74) is 2.93. The van der Waals surface area contributed by atoms with Gasteiger partial charge in [-0.1, -0.05) is 0 Å². The van der Waals surface area contributed by atoms with Crippen LogP contribution in [0.25, 0.3) is 0 Å². The monoisotopic (exact) mass is 251 g/mol. The van der Waals surface area contributed by atoms with Gasteiger partial charge in [0.25, 0.3) is 5.69 Å². The minimum atomic E-state index is -0.489. The number of carbonyl (C=O) groups excluding carboxylic acids is 1. The van der Waals surface area contributed by atoms with Crippen molar-refractivity contribution >= 4 is 17.8 Å². The lowest BCUT2D eigenvalue weighted by atomic mass is 10.2. The molecule has 0 unspecified atom stereocenters. The summed E-state index contributed by atoms with van der Waals surface area (Å²) >= 11 is 0. The summed E-state index contributed by atoms with van der Waals surface area (Å²) in [5.74, 6) is -0.290. The van der Waals surface area contributed by atoms with E-state index in [9.17, 15) is 14.9 Å². The van der Waals surface area contributed by atoms with Gasteiger partial charge in [-0.15, -0.1) is 0 Å². The van der Waals surface area contributed by atoms with Gasteiger partial charge < -0.3 is 5.11 Å². The first-order valence-electron chi connectivity index (χ1n) is 5.30. The standard InChI is InChI=1S/C11H13N3O4/c15-7-1-2-11(16)13-12-8-9-3-5-10(6-4-9)14(17)18/h3-6,8,15H,1-2,7H2,(H,13,16). The van der Waals surface area contributed by atoms with Gasteiger partial charge in [-0.05, 0) is 24.1 Å². The molecule has 7 heteroatoms. The molecule has 0 heterocycles. The molecular formula is C11H13N3O4. The van der Waals surface area contributed by atoms with Gasteiger partial charge in [0, 0.05) is 25.2 Å². The van der Waals surface area contributed by atoms with Gasteiger partial charge in [0.05, 0.1) is 11.1 Å². The molecule has 0 saturated heterocycles. The molecule has 1 amide bonds. The number of aliphatic hydroxyl groups excluding tert-OH is 1. The van der Waals surface area contributed by atoms with E-state index in [1.165, 1.54) is 30.5 Å². The Bertz CT molecular complexity index is 442. The van der Waals surface area contributed by atoms with E-state index in [2.05, 4.69) is 10.5 Å². The molecule has 0 aliphatic rings. The number of nitro groups is 1. The van der Waals surface area contributed by atoms with E-state index in [1.807, 2.05) is 0 Å². The second-order valence-corrected chi connectivity index (χ2v) is 3.47. The summed E-state index contributed by atoms with van der Waals surface area (Å²) in [6, 6.07) is 5.77. The number of hydrazone groups is 1. The molecule has 1 aromatic carbocycles. The lowest BCUT2D eigenvalue weighted by molar-refractivity contribution is -0.384. The van der Waals surface area contributed by atoms with Gasteiger partial charge in [-0.25, -0.2) is 5.43 Å². The van der Waals surface area contributed by atoms with E-state index in [0.717, 1.165) is 0 Å². The van der Waals surface area contributed by atoms with E-state index in [0.29, 0.717) is 12.0 Å². The third-order valence-electron chi connectivity index (χ3n) is 2.07. The van der Waals surface area contributed by atoms with Crippen LogP contribution >= 0.6 is 0 Å². The van der Waals surface area contributed by atoms with Crippen molar-refractivity contribution in [1.29, 1.82) is 0 Å². The predicted molar refractivity (Wildman–Crippen MR) is 65.2 cm³/mol. The Balaban J connectivity index is 2.47. The first kappa shape index (κ1) is 13.8. The van der Waals surface area contributed by atoms with Crippen LogP contribution in [0.5, 0.6) is 0 Å². The van der Waals surface area contributed by atoms with Crippen molar-refractivity contribution < 1.29 is 14.8 Å². The summed E-state index contributed by atoms with van der Waals surface area (Å²) < 4.78 is 0. The Labute approximate surface area is 103 Å². The van der Waals surface area contributed by atoms with Crippen LogP contribution in [0, 0.1) is 10.1 Å². The second-order valence-electron chi connectivity index (χ2n) is 3.47. The Morgan fingerprint density at radius 2 is 2.11 bits per heavy atom. The number of hydrogen-bond acceptors (Lipinski definition) is 5. The molecule has 0 spiro atoms. The van der Waals surface area contributed by atoms with Crippen molar-refractivity contribution in [3.05, 3.63) is 39.9 Å². The zero-order chi connectivity index (χ0) is 13.4. The number of carbonyl (C=O) groups is 1. The van der Waals surface area contributed by atoms with Gasteiger partial charge in [-0.3, -0.25) is 14.9 Å². The highest BCUT2D eigenvalue weighted by atomic mass is 16.6. The molecule has 0 atom stereocenters. The van der Waals surface area contributed by atoms with Crippen LogP contribution in [0.3, 0.4) is 0 Å². The van der Waals surface area contributed by atoms with Crippen LogP contribution in [0.4, 0.5) is 5.69 Å². The van der Waals surface area contributed by atoms with E-state index >= 15 is 0 Å². The summed E-state index contributed by atoms with van der Waals surface area (Å²) in [7, 11) is 0. The first-order chi connectivity index (χ1) is 8.63. The van der Waals surface area contributed by atoms with Crippen molar-refractivity contribution in [1.82, 2.24) is 5.43 Å². The number of hydrogen-bond donors (Lipinski definition) is 2. The van der Waals surface area contributed by atoms with Gasteiger partial charge in [0.15, 0.2) is 0 Å². The third kappa shape index (κ3) is 4.71. The molecule has 18 heavy (non-hydrogen) atoms. The Morgan fingerprint density at radius 3 is 2.67 bits per heavy atom. The van der Waals surface area contributed by atoms with E-state index in [-0.39, 0.29) is 24.6 Å². The normalized spacial score (nSPS) is 10.5. The fraction of sp³-hybridized carbons (Fsp3) is 0.273. The molecule has 7 nitrogen and oxygen atoms in total. The number of nitrogens with one attached hydrogen (secondary N) is 1. The summed E-state index contributed by atoms with van der Waals surface area (Å²) in [4.78, 5) is 21.0. The van der Waals surface area contributed by atoms with Crippen LogP contribution in [-0.4, -0.2) is 28.8 Å². The highest BCUT2D eigenvalue weighted by Gasteiger charge is 2.02. The SMILES string of the molecule is O=C(CCCO)NN=Cc1ccc([N+](=O)[O-])cc1. The van der Waals surface area contributed by atoms with Crippen LogP contribution in [0.1, 0.15) is 18.4 Å². The fourth-order valence-electron chi connectivity index (χ4n) is 1.16. The predicted octanol–water partition coefficient (Wildman–Crippen LogP) is 0.817. The largest absolute Gasteiger partial charge is 0.396 e. The molecular weight excluding hydrogens is 238 g/mol. The van der Waals surface area contributed by atoms with Crippen molar-refractivity contribution in [2.24, 2.45) is 5.10 Å². The number of benzene rings is 1. The maximum Gasteiger partial charge on any atom is 0.269 e. The Kier molecular flexibility index (Phi) is 5.46. The number of amides is 1. The highest BCUT2D eigenvalue weighted by Crippen LogP contribution is 2.10. The molecule has 1 aromatic rings. The first-order valence-corrected chi connectivity index (χ1v) is 5.30. The number of nitrogens with zero attached hydrogens (tertiary/aromatic N) is 2. The van der Waals surface area contributed by atoms with Crippen molar-refractivity contribution in [3.63, 3.8) is 0 Å². The fourth-order valence-corrected chi connectivity index (χ4v) is 1.16.